The van der Waals surface area contributed by atoms with Crippen molar-refractivity contribution in [2.24, 2.45) is 4.99 Å². The van der Waals surface area contributed by atoms with Gasteiger partial charge in [-0.1, -0.05) is 41.7 Å². The molecule has 0 saturated carbocycles. The number of sulfonamides is 1. The van der Waals surface area contributed by atoms with Crippen LogP contribution in [0.25, 0.3) is 10.2 Å². The van der Waals surface area contributed by atoms with Gasteiger partial charge in [0.05, 0.1) is 15.1 Å². The Hall–Kier alpha value is -3.23. The fourth-order valence-corrected chi connectivity index (χ4v) is 5.80. The Morgan fingerprint density at radius 3 is 2.50 bits per heavy atom. The number of anilines is 1. The van der Waals surface area contributed by atoms with Gasteiger partial charge in [-0.2, -0.15) is 4.99 Å². The molecule has 32 heavy (non-hydrogen) atoms. The van der Waals surface area contributed by atoms with E-state index in [4.69, 9.17) is 0 Å². The van der Waals surface area contributed by atoms with E-state index in [1.165, 1.54) is 29.5 Å². The molecule has 1 heterocycles. The highest BCUT2D eigenvalue weighted by Gasteiger charge is 2.15. The van der Waals surface area contributed by atoms with Crippen LogP contribution in [-0.2, 0) is 16.6 Å². The summed E-state index contributed by atoms with van der Waals surface area (Å²) in [6.07, 6.45) is 0. The summed E-state index contributed by atoms with van der Waals surface area (Å²) in [5.74, 6) is -0.422. The van der Waals surface area contributed by atoms with Crippen LogP contribution in [0.2, 0.25) is 0 Å². The SMILES string of the molecule is CCn1c(=NC(=O)c2cccc(NS(=O)(=O)c3ccccc3)c2)sc2c(C)cc(C)cc21. The van der Waals surface area contributed by atoms with Gasteiger partial charge < -0.3 is 4.57 Å². The molecule has 0 atom stereocenters. The fourth-order valence-electron chi connectivity index (χ4n) is 3.58. The molecule has 0 unspecified atom stereocenters. The van der Waals surface area contributed by atoms with E-state index in [0.717, 1.165) is 21.3 Å². The maximum absolute atomic E-state index is 12.9. The van der Waals surface area contributed by atoms with Crippen molar-refractivity contribution in [1.82, 2.24) is 4.57 Å². The molecular formula is C24H23N3O3S2. The van der Waals surface area contributed by atoms with Crippen LogP contribution in [0.3, 0.4) is 0 Å². The number of nitrogens with zero attached hydrogens (tertiary/aromatic N) is 2. The minimum absolute atomic E-state index is 0.154. The van der Waals surface area contributed by atoms with Crippen LogP contribution in [0.1, 0.15) is 28.4 Å². The van der Waals surface area contributed by atoms with E-state index >= 15 is 0 Å². The van der Waals surface area contributed by atoms with Gasteiger partial charge in [0.2, 0.25) is 0 Å². The molecule has 1 amide bonds. The van der Waals surface area contributed by atoms with Crippen molar-refractivity contribution in [2.45, 2.75) is 32.2 Å². The third-order valence-electron chi connectivity index (χ3n) is 5.04. The van der Waals surface area contributed by atoms with E-state index in [2.05, 4.69) is 28.8 Å². The molecule has 4 aromatic rings. The number of fused-ring (bicyclic) bond motifs is 1. The number of benzene rings is 3. The highest BCUT2D eigenvalue weighted by Crippen LogP contribution is 2.24. The zero-order valence-electron chi connectivity index (χ0n) is 18.0. The second-order valence-corrected chi connectivity index (χ2v) is 10.1. The van der Waals surface area contributed by atoms with E-state index < -0.39 is 15.9 Å². The Morgan fingerprint density at radius 2 is 1.78 bits per heavy atom. The highest BCUT2D eigenvalue weighted by atomic mass is 32.2. The van der Waals surface area contributed by atoms with Gasteiger partial charge >= 0.3 is 0 Å². The quantitative estimate of drug-likeness (QED) is 0.456. The molecule has 3 aromatic carbocycles. The first kappa shape index (κ1) is 22.0. The predicted molar refractivity (Wildman–Crippen MR) is 129 cm³/mol. The van der Waals surface area contributed by atoms with Crippen LogP contribution in [0, 0.1) is 13.8 Å². The van der Waals surface area contributed by atoms with E-state index in [9.17, 15) is 13.2 Å². The Labute approximate surface area is 190 Å². The van der Waals surface area contributed by atoms with Crippen molar-refractivity contribution in [3.8, 4) is 0 Å². The lowest BCUT2D eigenvalue weighted by atomic mass is 10.1. The summed E-state index contributed by atoms with van der Waals surface area (Å²) in [7, 11) is -3.75. The molecule has 0 bridgehead atoms. The fraction of sp³-hybridized carbons (Fsp3) is 0.167. The van der Waals surface area contributed by atoms with E-state index in [1.54, 1.807) is 36.4 Å². The molecule has 164 valence electrons. The Bertz CT molecular complexity index is 1480. The molecule has 8 heteroatoms. The zero-order chi connectivity index (χ0) is 22.9. The summed E-state index contributed by atoms with van der Waals surface area (Å²) < 4.78 is 30.8. The molecule has 0 saturated heterocycles. The molecule has 1 aromatic heterocycles. The topological polar surface area (TPSA) is 80.5 Å². The Morgan fingerprint density at radius 1 is 1.03 bits per heavy atom. The van der Waals surface area contributed by atoms with E-state index in [0.29, 0.717) is 22.6 Å². The van der Waals surface area contributed by atoms with Crippen LogP contribution in [-0.4, -0.2) is 18.9 Å². The first-order valence-corrected chi connectivity index (χ1v) is 12.5. The van der Waals surface area contributed by atoms with Crippen molar-refractivity contribution >= 4 is 43.2 Å². The average Bonchev–Trinajstić information content (AvgIpc) is 3.11. The lowest BCUT2D eigenvalue weighted by Crippen LogP contribution is -2.16. The molecule has 4 rings (SSSR count). The summed E-state index contributed by atoms with van der Waals surface area (Å²) in [5.41, 5.74) is 3.99. The first-order valence-electron chi connectivity index (χ1n) is 10.2. The van der Waals surface area contributed by atoms with Gasteiger partial charge in [0, 0.05) is 17.8 Å². The lowest BCUT2D eigenvalue weighted by molar-refractivity contribution is 0.0998. The van der Waals surface area contributed by atoms with Crippen LogP contribution in [0.5, 0.6) is 0 Å². The molecule has 0 fully saturated rings. The van der Waals surface area contributed by atoms with Gasteiger partial charge in [-0.3, -0.25) is 9.52 Å². The number of carbonyl (C=O) groups is 1. The summed E-state index contributed by atoms with van der Waals surface area (Å²) in [6, 6.07) is 18.7. The smallest absolute Gasteiger partial charge is 0.279 e. The van der Waals surface area contributed by atoms with Gasteiger partial charge in [-0.25, -0.2) is 8.42 Å². The Balaban J connectivity index is 1.70. The van der Waals surface area contributed by atoms with Crippen LogP contribution < -0.4 is 9.52 Å². The summed E-state index contributed by atoms with van der Waals surface area (Å²) in [6.45, 7) is 6.81. The largest absolute Gasteiger partial charge is 0.317 e. The first-order chi connectivity index (χ1) is 15.3. The molecule has 0 aliphatic heterocycles. The van der Waals surface area contributed by atoms with Crippen molar-refractivity contribution in [3.63, 3.8) is 0 Å². The second kappa shape index (κ2) is 8.72. The van der Waals surface area contributed by atoms with Gasteiger partial charge in [0.15, 0.2) is 4.80 Å². The molecular weight excluding hydrogens is 442 g/mol. The number of amides is 1. The van der Waals surface area contributed by atoms with Crippen LogP contribution >= 0.6 is 11.3 Å². The normalized spacial score (nSPS) is 12.3. The summed E-state index contributed by atoms with van der Waals surface area (Å²) >= 11 is 1.48. The van der Waals surface area contributed by atoms with Gasteiger partial charge in [0.1, 0.15) is 0 Å². The van der Waals surface area contributed by atoms with Crippen LogP contribution in [0.4, 0.5) is 5.69 Å². The summed E-state index contributed by atoms with van der Waals surface area (Å²) in [5, 5.41) is 0. The number of thiazole rings is 1. The number of aromatic nitrogens is 1. The van der Waals surface area contributed by atoms with Gasteiger partial charge in [0.25, 0.3) is 15.9 Å². The maximum Gasteiger partial charge on any atom is 0.279 e. The van der Waals surface area contributed by atoms with E-state index in [-0.39, 0.29) is 4.90 Å². The number of hydrogen-bond acceptors (Lipinski definition) is 4. The molecule has 0 aliphatic carbocycles. The Kier molecular flexibility index (Phi) is 5.99. The highest BCUT2D eigenvalue weighted by molar-refractivity contribution is 7.92. The predicted octanol–water partition coefficient (Wildman–Crippen LogP) is 4.88. The second-order valence-electron chi connectivity index (χ2n) is 7.48. The third kappa shape index (κ3) is 4.37. The minimum atomic E-state index is -3.75. The van der Waals surface area contributed by atoms with E-state index in [1.807, 2.05) is 18.4 Å². The number of hydrogen-bond donors (Lipinski definition) is 1. The monoisotopic (exact) mass is 465 g/mol. The number of aryl methyl sites for hydroxylation is 3. The van der Waals surface area contributed by atoms with Crippen molar-refractivity contribution in [3.05, 3.63) is 88.2 Å². The average molecular weight is 466 g/mol. The van der Waals surface area contributed by atoms with Crippen molar-refractivity contribution in [1.29, 1.82) is 0 Å². The lowest BCUT2D eigenvalue weighted by Gasteiger charge is -2.08. The maximum atomic E-state index is 12.9. The molecule has 0 aliphatic rings. The minimum Gasteiger partial charge on any atom is -0.317 e. The van der Waals surface area contributed by atoms with Crippen molar-refractivity contribution in [2.75, 3.05) is 4.72 Å². The van der Waals surface area contributed by atoms with Gasteiger partial charge in [-0.05, 0) is 68.3 Å². The van der Waals surface area contributed by atoms with Gasteiger partial charge in [-0.15, -0.1) is 0 Å². The summed E-state index contributed by atoms with van der Waals surface area (Å²) in [4.78, 5) is 18.1. The number of rotatable bonds is 5. The molecule has 0 radical (unpaired) electrons. The zero-order valence-corrected chi connectivity index (χ0v) is 19.6. The van der Waals surface area contributed by atoms with Crippen LogP contribution in [0.15, 0.2) is 76.6 Å². The number of carbonyl (C=O) groups excluding carboxylic acids is 1. The molecule has 6 nitrogen and oxygen atoms in total. The molecule has 1 N–H and O–H groups in total. The number of nitrogens with one attached hydrogen (secondary N) is 1. The molecule has 0 spiro atoms. The van der Waals surface area contributed by atoms with Crippen molar-refractivity contribution < 1.29 is 13.2 Å². The standard InChI is InChI=1S/C24H23N3O3S2/c1-4-27-21-14-16(2)13-17(3)22(21)31-24(27)25-23(28)18-9-8-10-19(15-18)26-32(29,30)20-11-6-5-7-12-20/h5-15,26H,4H2,1-3H3. The third-order valence-corrected chi connectivity index (χ3v) is 7.67.